The third-order valence-electron chi connectivity index (χ3n) is 6.74. The Bertz CT molecular complexity index is 912. The number of carbonyl (C=O) groups is 3. The molecule has 0 bridgehead atoms. The standard InChI is InChI=1S/C36H59NO7/c1-6-8-10-12-14-15-16-17-18-19-21-22-24-26-34(38)43-31-32(30-42-29-28-33(36(40)41)37(3,4)5)44-35(39)27-25-23-20-13-11-9-7-2/h8-12,14-16,20,23,32-33H,6-7,13,17-19,21-22,24-31H2,1-5H3/p+1/b10-8+,11-9+,14-12+,16-15+,23-20+. The van der Waals surface area contributed by atoms with Crippen LogP contribution in [-0.4, -0.2) is 80.6 Å². The summed E-state index contributed by atoms with van der Waals surface area (Å²) in [6.07, 6.45) is 30.2. The van der Waals surface area contributed by atoms with Crippen molar-refractivity contribution in [1.82, 2.24) is 0 Å². The highest BCUT2D eigenvalue weighted by Crippen LogP contribution is 2.11. The molecule has 0 fully saturated rings. The van der Waals surface area contributed by atoms with Gasteiger partial charge < -0.3 is 23.8 Å². The fraction of sp³-hybridized carbons (Fsp3) is 0.639. The molecule has 2 unspecified atom stereocenters. The number of likely N-dealkylation sites (N-methyl/N-ethyl adjacent to an activating group) is 1. The summed E-state index contributed by atoms with van der Waals surface area (Å²) in [5.41, 5.74) is 0. The predicted octanol–water partition coefficient (Wildman–Crippen LogP) is 7.51. The molecule has 250 valence electrons. The van der Waals surface area contributed by atoms with Crippen molar-refractivity contribution in [2.24, 2.45) is 0 Å². The first-order valence-electron chi connectivity index (χ1n) is 16.4. The Morgan fingerprint density at radius 1 is 0.705 bits per heavy atom. The van der Waals surface area contributed by atoms with Crippen LogP contribution in [0.5, 0.6) is 0 Å². The number of carboxylic acid groups (broad SMARTS) is 1. The fourth-order valence-corrected chi connectivity index (χ4v) is 4.21. The number of quaternary nitrogens is 1. The van der Waals surface area contributed by atoms with Gasteiger partial charge in [0.1, 0.15) is 6.61 Å². The summed E-state index contributed by atoms with van der Waals surface area (Å²) >= 11 is 0. The Morgan fingerprint density at radius 2 is 1.36 bits per heavy atom. The van der Waals surface area contributed by atoms with Gasteiger partial charge in [0.15, 0.2) is 12.1 Å². The van der Waals surface area contributed by atoms with Crippen LogP contribution in [0.2, 0.25) is 0 Å². The maximum Gasteiger partial charge on any atom is 0.362 e. The molecule has 0 rings (SSSR count). The highest BCUT2D eigenvalue weighted by atomic mass is 16.6. The Kier molecular flexibility index (Phi) is 25.7. The van der Waals surface area contributed by atoms with Crippen molar-refractivity contribution in [2.75, 3.05) is 41.0 Å². The Hall–Kier alpha value is -2.97. The van der Waals surface area contributed by atoms with Crippen molar-refractivity contribution in [3.8, 4) is 0 Å². The Balaban J connectivity index is 4.53. The van der Waals surface area contributed by atoms with E-state index in [0.29, 0.717) is 19.3 Å². The lowest BCUT2D eigenvalue weighted by Gasteiger charge is -2.31. The molecule has 0 spiro atoms. The minimum absolute atomic E-state index is 0.0276. The van der Waals surface area contributed by atoms with E-state index in [1.807, 2.05) is 45.4 Å². The topological polar surface area (TPSA) is 99.1 Å². The van der Waals surface area contributed by atoms with E-state index in [9.17, 15) is 19.5 Å². The quantitative estimate of drug-likeness (QED) is 0.0334. The van der Waals surface area contributed by atoms with Gasteiger partial charge >= 0.3 is 17.9 Å². The van der Waals surface area contributed by atoms with E-state index in [1.54, 1.807) is 0 Å². The molecular weight excluding hydrogens is 558 g/mol. The van der Waals surface area contributed by atoms with Crippen LogP contribution in [0.15, 0.2) is 60.8 Å². The second-order valence-corrected chi connectivity index (χ2v) is 11.7. The highest BCUT2D eigenvalue weighted by molar-refractivity contribution is 5.72. The number of allylic oxidation sites excluding steroid dienone is 10. The third-order valence-corrected chi connectivity index (χ3v) is 6.74. The minimum Gasteiger partial charge on any atom is -0.477 e. The van der Waals surface area contributed by atoms with Crippen molar-refractivity contribution < 1.29 is 38.2 Å². The van der Waals surface area contributed by atoms with Gasteiger partial charge in [0.05, 0.1) is 34.4 Å². The zero-order valence-electron chi connectivity index (χ0n) is 28.1. The zero-order valence-corrected chi connectivity index (χ0v) is 28.1. The number of carboxylic acids is 1. The molecule has 0 saturated carbocycles. The summed E-state index contributed by atoms with van der Waals surface area (Å²) in [5, 5.41) is 9.52. The first-order valence-corrected chi connectivity index (χ1v) is 16.4. The SMILES string of the molecule is CC/C=C/C=C/C=C/CCCCCCCC(=O)OCC(COCCC(C(=O)O)[N+](C)(C)C)OC(=O)CC/C=C/C/C=C/CC. The second kappa shape index (κ2) is 27.6. The van der Waals surface area contributed by atoms with Crippen molar-refractivity contribution in [2.45, 2.75) is 109 Å². The number of esters is 2. The molecular formula is C36H60NO7+. The normalized spacial score (nSPS) is 13.9. The van der Waals surface area contributed by atoms with Gasteiger partial charge in [0, 0.05) is 19.3 Å². The summed E-state index contributed by atoms with van der Waals surface area (Å²) < 4.78 is 17.0. The van der Waals surface area contributed by atoms with E-state index >= 15 is 0 Å². The molecule has 0 aliphatic rings. The molecule has 0 aromatic rings. The molecule has 0 aliphatic heterocycles. The summed E-state index contributed by atoms with van der Waals surface area (Å²) in [6, 6.07) is -0.626. The van der Waals surface area contributed by atoms with Crippen LogP contribution < -0.4 is 0 Å². The molecule has 0 aromatic carbocycles. The van der Waals surface area contributed by atoms with Crippen molar-refractivity contribution in [3.05, 3.63) is 60.8 Å². The summed E-state index contributed by atoms with van der Waals surface area (Å²) in [4.78, 5) is 36.4. The van der Waals surface area contributed by atoms with E-state index in [4.69, 9.17) is 14.2 Å². The molecule has 0 radical (unpaired) electrons. The molecule has 0 heterocycles. The molecule has 0 amide bonds. The summed E-state index contributed by atoms with van der Waals surface area (Å²) in [5.74, 6) is -1.61. The van der Waals surface area contributed by atoms with Crippen molar-refractivity contribution in [1.29, 1.82) is 0 Å². The van der Waals surface area contributed by atoms with Crippen LogP contribution in [0.25, 0.3) is 0 Å². The first kappa shape index (κ1) is 41.0. The first-order chi connectivity index (χ1) is 21.1. The molecule has 0 aromatic heterocycles. The molecule has 2 atom stereocenters. The lowest BCUT2D eigenvalue weighted by atomic mass is 10.1. The van der Waals surface area contributed by atoms with Crippen molar-refractivity contribution >= 4 is 17.9 Å². The largest absolute Gasteiger partial charge is 0.477 e. The number of aliphatic carboxylic acids is 1. The molecule has 44 heavy (non-hydrogen) atoms. The monoisotopic (exact) mass is 618 g/mol. The van der Waals surface area contributed by atoms with E-state index in [1.165, 1.54) is 0 Å². The number of hydrogen-bond donors (Lipinski definition) is 1. The third kappa shape index (κ3) is 25.5. The Morgan fingerprint density at radius 3 is 2.05 bits per heavy atom. The van der Waals surface area contributed by atoms with Crippen LogP contribution in [0.3, 0.4) is 0 Å². The van der Waals surface area contributed by atoms with Gasteiger partial charge in [0.25, 0.3) is 0 Å². The number of carbonyl (C=O) groups excluding carboxylic acids is 2. The van der Waals surface area contributed by atoms with E-state index in [-0.39, 0.29) is 36.7 Å². The molecule has 1 N–H and O–H groups in total. The van der Waals surface area contributed by atoms with Gasteiger partial charge in [-0.25, -0.2) is 4.79 Å². The van der Waals surface area contributed by atoms with Crippen LogP contribution in [0.1, 0.15) is 97.3 Å². The smallest absolute Gasteiger partial charge is 0.362 e. The van der Waals surface area contributed by atoms with Crippen LogP contribution in [-0.2, 0) is 28.6 Å². The number of rotatable bonds is 27. The highest BCUT2D eigenvalue weighted by Gasteiger charge is 2.31. The van der Waals surface area contributed by atoms with Gasteiger partial charge in [-0.15, -0.1) is 0 Å². The van der Waals surface area contributed by atoms with Crippen LogP contribution >= 0.6 is 0 Å². The Labute approximate surface area is 267 Å². The van der Waals surface area contributed by atoms with E-state index < -0.39 is 24.1 Å². The summed E-state index contributed by atoms with van der Waals surface area (Å²) in [6.45, 7) is 4.32. The number of hydrogen-bond acceptors (Lipinski definition) is 6. The molecule has 8 heteroatoms. The van der Waals surface area contributed by atoms with Gasteiger partial charge in [-0.1, -0.05) is 93.9 Å². The van der Waals surface area contributed by atoms with Gasteiger partial charge in [-0.3, -0.25) is 9.59 Å². The van der Waals surface area contributed by atoms with Crippen LogP contribution in [0, 0.1) is 0 Å². The zero-order chi connectivity index (χ0) is 32.9. The second-order valence-electron chi connectivity index (χ2n) is 11.7. The molecule has 0 saturated heterocycles. The number of ether oxygens (including phenoxy) is 3. The molecule has 0 aliphatic carbocycles. The summed E-state index contributed by atoms with van der Waals surface area (Å²) in [7, 11) is 5.46. The average molecular weight is 619 g/mol. The lowest BCUT2D eigenvalue weighted by Crippen LogP contribution is -2.50. The van der Waals surface area contributed by atoms with Crippen molar-refractivity contribution in [3.63, 3.8) is 0 Å². The van der Waals surface area contributed by atoms with E-state index in [0.717, 1.165) is 57.8 Å². The average Bonchev–Trinajstić information content (AvgIpc) is 2.96. The van der Waals surface area contributed by atoms with E-state index in [2.05, 4.69) is 50.3 Å². The van der Waals surface area contributed by atoms with Gasteiger partial charge in [-0.2, -0.15) is 0 Å². The van der Waals surface area contributed by atoms with Gasteiger partial charge in [-0.05, 0) is 44.9 Å². The fourth-order valence-electron chi connectivity index (χ4n) is 4.21. The minimum atomic E-state index is -0.892. The molecule has 8 nitrogen and oxygen atoms in total. The van der Waals surface area contributed by atoms with Gasteiger partial charge in [0.2, 0.25) is 0 Å². The maximum absolute atomic E-state index is 12.4. The van der Waals surface area contributed by atoms with Crippen LogP contribution in [0.4, 0.5) is 0 Å². The maximum atomic E-state index is 12.4. The predicted molar refractivity (Wildman–Crippen MR) is 178 cm³/mol. The number of nitrogens with zero attached hydrogens (tertiary/aromatic N) is 1. The number of unbranched alkanes of at least 4 members (excludes halogenated alkanes) is 5. The lowest BCUT2D eigenvalue weighted by molar-refractivity contribution is -0.887.